The molecule has 1 aliphatic heterocycles. The fourth-order valence-electron chi connectivity index (χ4n) is 1.73. The van der Waals surface area contributed by atoms with Crippen molar-refractivity contribution >= 4 is 11.5 Å². The molecule has 0 aliphatic carbocycles. The predicted molar refractivity (Wildman–Crippen MR) is 68.4 cm³/mol. The van der Waals surface area contributed by atoms with Crippen LogP contribution < -0.4 is 5.32 Å². The topological polar surface area (TPSA) is 62.2 Å². The standard InChI is InChI=1S/C11H11F3N2.C2HF3O2/c12-11(13,14)9-2-1-5-16-10(9)8-3-6-15-7-4-8;3-2(4,5)1(6)7/h1-3,5,15H,4,6-7H2;(H,6,7). The first-order chi connectivity index (χ1) is 10.5. The van der Waals surface area contributed by atoms with Crippen LogP contribution in [0.15, 0.2) is 24.4 Å². The van der Waals surface area contributed by atoms with Gasteiger partial charge in [-0.15, -0.1) is 0 Å². The van der Waals surface area contributed by atoms with Crippen LogP contribution in [-0.4, -0.2) is 35.3 Å². The molecule has 1 aromatic rings. The van der Waals surface area contributed by atoms with E-state index in [1.807, 2.05) is 0 Å². The second kappa shape index (κ2) is 7.44. The minimum atomic E-state index is -5.08. The van der Waals surface area contributed by atoms with Gasteiger partial charge in [-0.25, -0.2) is 4.79 Å². The van der Waals surface area contributed by atoms with Crippen LogP contribution in [0, 0.1) is 0 Å². The summed E-state index contributed by atoms with van der Waals surface area (Å²) in [7, 11) is 0. The third-order valence-corrected chi connectivity index (χ3v) is 2.72. The predicted octanol–water partition coefficient (Wildman–Crippen LogP) is 3.11. The molecule has 0 radical (unpaired) electrons. The van der Waals surface area contributed by atoms with Crippen molar-refractivity contribution in [2.45, 2.75) is 18.8 Å². The summed E-state index contributed by atoms with van der Waals surface area (Å²) in [5, 5.41) is 10.2. The Hall–Kier alpha value is -2.10. The number of nitrogens with zero attached hydrogens (tertiary/aromatic N) is 1. The van der Waals surface area contributed by atoms with E-state index in [1.165, 1.54) is 12.3 Å². The second-order valence-corrected chi connectivity index (χ2v) is 4.38. The molecule has 2 N–H and O–H groups in total. The Bertz CT molecular complexity index is 581. The molecule has 1 aliphatic rings. The van der Waals surface area contributed by atoms with Crippen LogP contribution in [-0.2, 0) is 11.0 Å². The molecule has 23 heavy (non-hydrogen) atoms. The fourth-order valence-corrected chi connectivity index (χ4v) is 1.73. The van der Waals surface area contributed by atoms with Crippen molar-refractivity contribution in [1.29, 1.82) is 0 Å². The highest BCUT2D eigenvalue weighted by Gasteiger charge is 2.38. The molecular weight excluding hydrogens is 330 g/mol. The molecule has 0 atom stereocenters. The molecule has 10 heteroatoms. The Labute approximate surface area is 126 Å². The van der Waals surface area contributed by atoms with Gasteiger partial charge >= 0.3 is 18.3 Å². The first-order valence-electron chi connectivity index (χ1n) is 6.26. The number of nitrogens with one attached hydrogen (secondary N) is 1. The second-order valence-electron chi connectivity index (χ2n) is 4.38. The van der Waals surface area contributed by atoms with Crippen LogP contribution in [0.4, 0.5) is 26.3 Å². The van der Waals surface area contributed by atoms with Gasteiger partial charge in [-0.2, -0.15) is 26.3 Å². The lowest BCUT2D eigenvalue weighted by atomic mass is 10.0. The van der Waals surface area contributed by atoms with Gasteiger partial charge in [-0.3, -0.25) is 4.98 Å². The van der Waals surface area contributed by atoms with Crippen molar-refractivity contribution in [3.8, 4) is 0 Å². The van der Waals surface area contributed by atoms with Crippen LogP contribution in [0.25, 0.3) is 5.57 Å². The summed E-state index contributed by atoms with van der Waals surface area (Å²) < 4.78 is 69.9. The number of rotatable bonds is 1. The maximum Gasteiger partial charge on any atom is 0.490 e. The Morgan fingerprint density at radius 1 is 1.22 bits per heavy atom. The maximum absolute atomic E-state index is 12.7. The third kappa shape index (κ3) is 5.89. The molecule has 0 saturated heterocycles. The summed E-state index contributed by atoms with van der Waals surface area (Å²) in [5.74, 6) is -2.76. The largest absolute Gasteiger partial charge is 0.490 e. The van der Waals surface area contributed by atoms with Gasteiger partial charge in [0.2, 0.25) is 0 Å². The number of alkyl halides is 6. The van der Waals surface area contributed by atoms with E-state index in [1.54, 1.807) is 6.08 Å². The molecular formula is C13H12F6N2O2. The number of pyridine rings is 1. The number of halogens is 6. The van der Waals surface area contributed by atoms with Crippen LogP contribution in [0.5, 0.6) is 0 Å². The van der Waals surface area contributed by atoms with Crippen molar-refractivity contribution in [2.24, 2.45) is 0 Å². The maximum atomic E-state index is 12.7. The molecule has 2 heterocycles. The number of hydrogen-bond donors (Lipinski definition) is 2. The molecule has 0 saturated carbocycles. The van der Waals surface area contributed by atoms with Gasteiger partial charge in [0.25, 0.3) is 0 Å². The smallest absolute Gasteiger partial charge is 0.475 e. The minimum Gasteiger partial charge on any atom is -0.475 e. The van der Waals surface area contributed by atoms with Gasteiger partial charge in [0.05, 0.1) is 11.3 Å². The average molecular weight is 342 g/mol. The molecule has 0 bridgehead atoms. The Morgan fingerprint density at radius 2 is 1.83 bits per heavy atom. The van der Waals surface area contributed by atoms with Crippen LogP contribution >= 0.6 is 0 Å². The van der Waals surface area contributed by atoms with E-state index >= 15 is 0 Å². The van der Waals surface area contributed by atoms with Gasteiger partial charge < -0.3 is 10.4 Å². The summed E-state index contributed by atoms with van der Waals surface area (Å²) in [6.07, 6.45) is -5.68. The lowest BCUT2D eigenvalue weighted by Crippen LogP contribution is -2.21. The van der Waals surface area contributed by atoms with Gasteiger partial charge in [-0.05, 0) is 30.7 Å². The number of aliphatic carboxylic acids is 1. The SMILES string of the molecule is FC(F)(F)c1cccnc1C1=CCNCC1.O=C(O)C(F)(F)F. The molecule has 0 spiro atoms. The summed E-state index contributed by atoms with van der Waals surface area (Å²) in [5.41, 5.74) is 0.0892. The van der Waals surface area contributed by atoms with E-state index < -0.39 is 23.9 Å². The molecule has 1 aromatic heterocycles. The molecule has 0 fully saturated rings. The van der Waals surface area contributed by atoms with E-state index in [0.29, 0.717) is 25.1 Å². The fraction of sp³-hybridized carbons (Fsp3) is 0.385. The molecule has 4 nitrogen and oxygen atoms in total. The molecule has 2 rings (SSSR count). The zero-order valence-corrected chi connectivity index (χ0v) is 11.5. The first-order valence-corrected chi connectivity index (χ1v) is 6.26. The molecule has 0 amide bonds. The van der Waals surface area contributed by atoms with E-state index in [4.69, 9.17) is 9.90 Å². The summed E-state index contributed by atoms with van der Waals surface area (Å²) in [6.45, 7) is 1.29. The van der Waals surface area contributed by atoms with E-state index in [2.05, 4.69) is 10.3 Å². The van der Waals surface area contributed by atoms with E-state index in [-0.39, 0.29) is 5.69 Å². The number of hydrogen-bond acceptors (Lipinski definition) is 3. The van der Waals surface area contributed by atoms with Gasteiger partial charge in [0.1, 0.15) is 0 Å². The molecule has 128 valence electrons. The average Bonchev–Trinajstić information content (AvgIpc) is 2.47. The zero-order valence-electron chi connectivity index (χ0n) is 11.5. The number of aromatic nitrogens is 1. The van der Waals surface area contributed by atoms with Gasteiger partial charge in [0, 0.05) is 12.7 Å². The number of carboxylic acids is 1. The van der Waals surface area contributed by atoms with Crippen molar-refractivity contribution in [2.75, 3.05) is 13.1 Å². The van der Waals surface area contributed by atoms with E-state index in [0.717, 1.165) is 6.07 Å². The minimum absolute atomic E-state index is 0.0662. The monoisotopic (exact) mass is 342 g/mol. The lowest BCUT2D eigenvalue weighted by molar-refractivity contribution is -0.192. The van der Waals surface area contributed by atoms with Crippen molar-refractivity contribution in [3.05, 3.63) is 35.7 Å². The van der Waals surface area contributed by atoms with Crippen molar-refractivity contribution < 1.29 is 36.2 Å². The van der Waals surface area contributed by atoms with Crippen molar-refractivity contribution in [1.82, 2.24) is 10.3 Å². The van der Waals surface area contributed by atoms with Crippen LogP contribution in [0.2, 0.25) is 0 Å². The highest BCUT2D eigenvalue weighted by atomic mass is 19.4. The zero-order chi connectivity index (χ0) is 17.7. The van der Waals surface area contributed by atoms with E-state index in [9.17, 15) is 26.3 Å². The highest BCUT2D eigenvalue weighted by Crippen LogP contribution is 2.34. The van der Waals surface area contributed by atoms with Crippen LogP contribution in [0.3, 0.4) is 0 Å². The number of carbonyl (C=O) groups is 1. The Morgan fingerprint density at radius 3 is 2.26 bits per heavy atom. The summed E-state index contributed by atoms with van der Waals surface area (Å²) >= 11 is 0. The molecule has 0 unspecified atom stereocenters. The lowest BCUT2D eigenvalue weighted by Gasteiger charge is -2.17. The Balaban J connectivity index is 0.000000322. The Kier molecular flexibility index (Phi) is 6.13. The third-order valence-electron chi connectivity index (χ3n) is 2.72. The first kappa shape index (κ1) is 18.9. The normalized spacial score (nSPS) is 15.3. The van der Waals surface area contributed by atoms with Gasteiger partial charge in [0.15, 0.2) is 0 Å². The number of carboxylic acid groups (broad SMARTS) is 1. The quantitative estimate of drug-likeness (QED) is 0.770. The summed E-state index contributed by atoms with van der Waals surface area (Å²) in [4.78, 5) is 12.7. The summed E-state index contributed by atoms with van der Waals surface area (Å²) in [6, 6.07) is 2.39. The van der Waals surface area contributed by atoms with Gasteiger partial charge in [-0.1, -0.05) is 6.08 Å². The highest BCUT2D eigenvalue weighted by molar-refractivity contribution is 5.73. The van der Waals surface area contributed by atoms with Crippen LogP contribution in [0.1, 0.15) is 17.7 Å². The van der Waals surface area contributed by atoms with Crippen molar-refractivity contribution in [3.63, 3.8) is 0 Å². The molecule has 0 aromatic carbocycles.